The SMILES string of the molecule is CCOCCCNC(=NCc1ccccc1OCC1CC1)NCC(=O)N(C)C.I. The van der Waals surface area contributed by atoms with Crippen LogP contribution in [0.3, 0.4) is 0 Å². The molecule has 8 heteroatoms. The van der Waals surface area contributed by atoms with Gasteiger partial charge in [0.05, 0.1) is 19.7 Å². The highest BCUT2D eigenvalue weighted by atomic mass is 127. The first-order valence-corrected chi connectivity index (χ1v) is 10.1. The Morgan fingerprint density at radius 3 is 2.69 bits per heavy atom. The van der Waals surface area contributed by atoms with Crippen LogP contribution in [0, 0.1) is 5.92 Å². The van der Waals surface area contributed by atoms with Crippen LogP contribution < -0.4 is 15.4 Å². The number of halogens is 1. The number of para-hydroxylation sites is 1. The van der Waals surface area contributed by atoms with Crippen molar-refractivity contribution in [1.82, 2.24) is 15.5 Å². The molecule has 1 aromatic rings. The number of hydrogen-bond acceptors (Lipinski definition) is 4. The van der Waals surface area contributed by atoms with Crippen LogP contribution in [0.2, 0.25) is 0 Å². The first-order valence-electron chi connectivity index (χ1n) is 10.1. The average molecular weight is 518 g/mol. The molecule has 0 bridgehead atoms. The van der Waals surface area contributed by atoms with Crippen LogP contribution in [0.4, 0.5) is 0 Å². The number of ether oxygens (including phenoxy) is 2. The lowest BCUT2D eigenvalue weighted by molar-refractivity contribution is -0.127. The molecular formula is C21H35IN4O3. The molecule has 1 aromatic carbocycles. The third-order valence-corrected chi connectivity index (χ3v) is 4.42. The molecule has 0 spiro atoms. The molecular weight excluding hydrogens is 483 g/mol. The summed E-state index contributed by atoms with van der Waals surface area (Å²) in [6.07, 6.45) is 3.40. The third-order valence-electron chi connectivity index (χ3n) is 4.42. The Kier molecular flexibility index (Phi) is 12.7. The van der Waals surface area contributed by atoms with Gasteiger partial charge < -0.3 is 25.0 Å². The van der Waals surface area contributed by atoms with Crippen molar-refractivity contribution >= 4 is 35.8 Å². The van der Waals surface area contributed by atoms with Crippen LogP contribution in [0.25, 0.3) is 0 Å². The van der Waals surface area contributed by atoms with Gasteiger partial charge in [0.15, 0.2) is 5.96 Å². The Hall–Kier alpha value is -1.55. The van der Waals surface area contributed by atoms with Gasteiger partial charge in [0.1, 0.15) is 5.75 Å². The minimum Gasteiger partial charge on any atom is -0.493 e. The molecule has 0 heterocycles. The largest absolute Gasteiger partial charge is 0.493 e. The third kappa shape index (κ3) is 10.7. The molecule has 1 saturated carbocycles. The molecule has 0 aromatic heterocycles. The molecule has 7 nitrogen and oxygen atoms in total. The number of aliphatic imine (C=N–C) groups is 1. The second kappa shape index (κ2) is 14.4. The Morgan fingerprint density at radius 2 is 2.00 bits per heavy atom. The van der Waals surface area contributed by atoms with E-state index in [2.05, 4.69) is 15.6 Å². The van der Waals surface area contributed by atoms with Crippen molar-refractivity contribution in [1.29, 1.82) is 0 Å². The summed E-state index contributed by atoms with van der Waals surface area (Å²) in [4.78, 5) is 18.1. The second-order valence-electron chi connectivity index (χ2n) is 7.15. The van der Waals surface area contributed by atoms with Gasteiger partial charge in [-0.05, 0) is 38.2 Å². The number of nitrogens with one attached hydrogen (secondary N) is 2. The van der Waals surface area contributed by atoms with Crippen LogP contribution >= 0.6 is 24.0 Å². The van der Waals surface area contributed by atoms with Gasteiger partial charge in [0.2, 0.25) is 5.91 Å². The van der Waals surface area contributed by atoms with Gasteiger partial charge >= 0.3 is 0 Å². The van der Waals surface area contributed by atoms with E-state index in [1.165, 1.54) is 12.8 Å². The highest BCUT2D eigenvalue weighted by Crippen LogP contribution is 2.30. The lowest BCUT2D eigenvalue weighted by atomic mass is 10.2. The van der Waals surface area contributed by atoms with E-state index in [0.717, 1.165) is 30.9 Å². The fourth-order valence-corrected chi connectivity index (χ4v) is 2.45. The fraction of sp³-hybridized carbons (Fsp3) is 0.619. The zero-order chi connectivity index (χ0) is 20.2. The summed E-state index contributed by atoms with van der Waals surface area (Å²) in [5, 5.41) is 6.38. The Morgan fingerprint density at radius 1 is 1.24 bits per heavy atom. The van der Waals surface area contributed by atoms with Crippen LogP contribution in [-0.4, -0.2) is 63.8 Å². The van der Waals surface area contributed by atoms with Crippen molar-refractivity contribution in [3.63, 3.8) is 0 Å². The van der Waals surface area contributed by atoms with Crippen LogP contribution in [0.15, 0.2) is 29.3 Å². The van der Waals surface area contributed by atoms with Crippen LogP contribution in [0.1, 0.15) is 31.7 Å². The van der Waals surface area contributed by atoms with E-state index in [4.69, 9.17) is 9.47 Å². The lowest BCUT2D eigenvalue weighted by Crippen LogP contribution is -2.43. The molecule has 0 saturated heterocycles. The molecule has 164 valence electrons. The molecule has 0 radical (unpaired) electrons. The fourth-order valence-electron chi connectivity index (χ4n) is 2.45. The monoisotopic (exact) mass is 518 g/mol. The smallest absolute Gasteiger partial charge is 0.241 e. The number of carbonyl (C=O) groups excluding carboxylic acids is 1. The molecule has 0 unspecified atom stereocenters. The van der Waals surface area contributed by atoms with Crippen molar-refractivity contribution in [3.05, 3.63) is 29.8 Å². The van der Waals surface area contributed by atoms with Gasteiger partial charge in [-0.1, -0.05) is 18.2 Å². The number of rotatable bonds is 12. The van der Waals surface area contributed by atoms with Gasteiger partial charge in [0, 0.05) is 39.4 Å². The first-order chi connectivity index (χ1) is 13.6. The Bertz CT molecular complexity index is 636. The van der Waals surface area contributed by atoms with Gasteiger partial charge in [-0.2, -0.15) is 0 Å². The number of amides is 1. The van der Waals surface area contributed by atoms with Crippen molar-refractivity contribution in [3.8, 4) is 5.75 Å². The van der Waals surface area contributed by atoms with Crippen molar-refractivity contribution in [2.45, 2.75) is 32.7 Å². The zero-order valence-electron chi connectivity index (χ0n) is 17.8. The van der Waals surface area contributed by atoms with E-state index in [9.17, 15) is 4.79 Å². The number of likely N-dealkylation sites (N-methyl/N-ethyl adjacent to an activating group) is 1. The van der Waals surface area contributed by atoms with E-state index in [0.29, 0.717) is 31.6 Å². The van der Waals surface area contributed by atoms with E-state index < -0.39 is 0 Å². The van der Waals surface area contributed by atoms with Gasteiger partial charge in [-0.3, -0.25) is 4.79 Å². The molecule has 0 aliphatic heterocycles. The normalized spacial score (nSPS) is 13.4. The van der Waals surface area contributed by atoms with E-state index in [-0.39, 0.29) is 36.4 Å². The topological polar surface area (TPSA) is 75.2 Å². The molecule has 0 atom stereocenters. The van der Waals surface area contributed by atoms with Crippen molar-refractivity contribution < 1.29 is 14.3 Å². The maximum atomic E-state index is 11.9. The number of carbonyl (C=O) groups is 1. The predicted octanol–water partition coefficient (Wildman–Crippen LogP) is 2.64. The van der Waals surface area contributed by atoms with Crippen molar-refractivity contribution in [2.75, 3.05) is 47.0 Å². The highest BCUT2D eigenvalue weighted by Gasteiger charge is 2.22. The van der Waals surface area contributed by atoms with Crippen LogP contribution in [0.5, 0.6) is 5.75 Å². The molecule has 1 amide bonds. The van der Waals surface area contributed by atoms with Crippen LogP contribution in [-0.2, 0) is 16.1 Å². The second-order valence-corrected chi connectivity index (χ2v) is 7.15. The summed E-state index contributed by atoms with van der Waals surface area (Å²) in [6, 6.07) is 8.00. The number of hydrogen-bond donors (Lipinski definition) is 2. The number of benzene rings is 1. The molecule has 2 N–H and O–H groups in total. The van der Waals surface area contributed by atoms with E-state index >= 15 is 0 Å². The maximum Gasteiger partial charge on any atom is 0.241 e. The standard InChI is InChI=1S/C21H34N4O3.HI/c1-4-27-13-7-12-22-21(24-15-20(26)25(2)3)23-14-18-8-5-6-9-19(18)28-16-17-10-11-17;/h5-6,8-9,17H,4,7,10-16H2,1-3H3,(H2,22,23,24);1H. The molecule has 1 aliphatic rings. The number of nitrogens with zero attached hydrogens (tertiary/aromatic N) is 2. The zero-order valence-corrected chi connectivity index (χ0v) is 20.1. The predicted molar refractivity (Wildman–Crippen MR) is 127 cm³/mol. The quantitative estimate of drug-likeness (QED) is 0.193. The van der Waals surface area contributed by atoms with E-state index in [1.54, 1.807) is 19.0 Å². The Balaban J connectivity index is 0.00000420. The maximum absolute atomic E-state index is 11.9. The molecule has 1 fully saturated rings. The van der Waals surface area contributed by atoms with Crippen molar-refractivity contribution in [2.24, 2.45) is 10.9 Å². The molecule has 29 heavy (non-hydrogen) atoms. The van der Waals surface area contributed by atoms with Gasteiger partial charge in [-0.15, -0.1) is 24.0 Å². The first kappa shape index (κ1) is 25.5. The summed E-state index contributed by atoms with van der Waals surface area (Å²) >= 11 is 0. The average Bonchev–Trinajstić information content (AvgIpc) is 3.52. The number of guanidine groups is 1. The van der Waals surface area contributed by atoms with Gasteiger partial charge in [-0.25, -0.2) is 4.99 Å². The summed E-state index contributed by atoms with van der Waals surface area (Å²) in [5.74, 6) is 2.21. The minimum atomic E-state index is -0.00279. The summed E-state index contributed by atoms with van der Waals surface area (Å²) in [6.45, 7) is 5.58. The van der Waals surface area contributed by atoms with Gasteiger partial charge in [0.25, 0.3) is 0 Å². The highest BCUT2D eigenvalue weighted by molar-refractivity contribution is 14.0. The summed E-state index contributed by atoms with van der Waals surface area (Å²) in [5.41, 5.74) is 1.04. The van der Waals surface area contributed by atoms with E-state index in [1.807, 2.05) is 31.2 Å². The summed E-state index contributed by atoms with van der Waals surface area (Å²) < 4.78 is 11.3. The molecule has 1 aliphatic carbocycles. The minimum absolute atomic E-state index is 0. The Labute approximate surface area is 191 Å². The summed E-state index contributed by atoms with van der Waals surface area (Å²) in [7, 11) is 3.48. The molecule has 2 rings (SSSR count). The lowest BCUT2D eigenvalue weighted by Gasteiger charge is -2.15.